The molecule has 0 saturated heterocycles. The highest BCUT2D eigenvalue weighted by atomic mass is 16.5. The Morgan fingerprint density at radius 3 is 1.55 bits per heavy atom. The lowest BCUT2D eigenvalue weighted by atomic mass is 9.91. The zero-order valence-corrected chi connectivity index (χ0v) is 16.6. The van der Waals surface area contributed by atoms with Gasteiger partial charge in [0.05, 0.1) is 14.2 Å². The fourth-order valence-corrected chi connectivity index (χ4v) is 3.08. The first kappa shape index (κ1) is 21.9. The van der Waals surface area contributed by atoms with Crippen molar-refractivity contribution in [3.05, 3.63) is 79.4 Å². The highest BCUT2D eigenvalue weighted by Crippen LogP contribution is 2.41. The summed E-state index contributed by atoms with van der Waals surface area (Å²) in [7, 11) is 2.81. The number of benzene rings is 1. The Morgan fingerprint density at radius 2 is 1.19 bits per heavy atom. The molecule has 0 aliphatic heterocycles. The highest BCUT2D eigenvalue weighted by Gasteiger charge is 2.32. The Balaban J connectivity index is 2.43. The fourth-order valence-electron chi connectivity index (χ4n) is 3.08. The predicted octanol–water partition coefficient (Wildman–Crippen LogP) is 1.19. The van der Waals surface area contributed by atoms with E-state index in [0.29, 0.717) is 11.5 Å². The van der Waals surface area contributed by atoms with Gasteiger partial charge in [-0.2, -0.15) is 0 Å². The molecule has 2 heterocycles. The molecule has 31 heavy (non-hydrogen) atoms. The first-order valence-corrected chi connectivity index (χ1v) is 8.99. The van der Waals surface area contributed by atoms with Gasteiger partial charge in [-0.15, -0.1) is 0 Å². The fraction of sp³-hybridized carbons (Fsp3) is 0.238. The van der Waals surface area contributed by atoms with Crippen LogP contribution in [0.25, 0.3) is 0 Å². The van der Waals surface area contributed by atoms with Crippen LogP contribution in [0.15, 0.2) is 48.8 Å². The van der Waals surface area contributed by atoms with Crippen LogP contribution in [0.1, 0.15) is 34.5 Å². The van der Waals surface area contributed by atoms with Crippen molar-refractivity contribution in [2.75, 3.05) is 14.2 Å². The maximum Gasteiger partial charge on any atom is 0.227 e. The normalized spacial score (nSPS) is 11.0. The third-order valence-electron chi connectivity index (χ3n) is 4.54. The Morgan fingerprint density at radius 1 is 0.774 bits per heavy atom. The van der Waals surface area contributed by atoms with Gasteiger partial charge < -0.3 is 38.7 Å². The van der Waals surface area contributed by atoms with E-state index in [2.05, 4.69) is 0 Å². The van der Waals surface area contributed by atoms with Crippen LogP contribution < -0.4 is 20.3 Å². The van der Waals surface area contributed by atoms with Crippen LogP contribution in [0.3, 0.4) is 0 Å². The van der Waals surface area contributed by atoms with Gasteiger partial charge in [-0.05, 0) is 17.7 Å². The Kier molecular flexibility index (Phi) is 6.33. The minimum atomic E-state index is -1.35. The molecule has 2 aromatic heterocycles. The minimum absolute atomic E-state index is 0.169. The van der Waals surface area contributed by atoms with Gasteiger partial charge in [0.25, 0.3) is 0 Å². The topological polar surface area (TPSA) is 160 Å². The molecule has 0 saturated carbocycles. The average Bonchev–Trinajstić information content (AvgIpc) is 2.78. The number of hydrogen-bond donors (Lipinski definition) is 4. The van der Waals surface area contributed by atoms with Gasteiger partial charge in [0.15, 0.2) is 11.5 Å². The number of ether oxygens (including phenoxy) is 2. The average molecular weight is 432 g/mol. The molecule has 164 valence electrons. The maximum absolute atomic E-state index is 12.2. The van der Waals surface area contributed by atoms with Crippen LogP contribution in [0.2, 0.25) is 0 Å². The predicted molar refractivity (Wildman–Crippen MR) is 106 cm³/mol. The number of rotatable bonds is 7. The molecule has 0 amide bonds. The van der Waals surface area contributed by atoms with E-state index in [1.165, 1.54) is 26.4 Å². The Hall–Kier alpha value is -3.76. The van der Waals surface area contributed by atoms with E-state index in [-0.39, 0.29) is 17.1 Å². The number of methoxy groups -OCH3 is 2. The van der Waals surface area contributed by atoms with Crippen molar-refractivity contribution in [3.8, 4) is 23.0 Å². The van der Waals surface area contributed by atoms with E-state index in [1.54, 1.807) is 6.07 Å². The lowest BCUT2D eigenvalue weighted by molar-refractivity contribution is 0.225. The smallest absolute Gasteiger partial charge is 0.227 e. The molecule has 0 atom stereocenters. The lowest BCUT2D eigenvalue weighted by Gasteiger charge is -2.20. The SMILES string of the molecule is COc1cc(OC)cc(C(c2oc(CO)cc(=O)c2O)c2oc(CO)cc(=O)c2O)c1. The van der Waals surface area contributed by atoms with Gasteiger partial charge in [-0.3, -0.25) is 9.59 Å². The molecular formula is C21H20O10. The summed E-state index contributed by atoms with van der Waals surface area (Å²) in [6, 6.07) is 6.35. The molecule has 0 spiro atoms. The first-order valence-electron chi connectivity index (χ1n) is 8.99. The van der Waals surface area contributed by atoms with Crippen molar-refractivity contribution >= 4 is 0 Å². The third kappa shape index (κ3) is 4.25. The van der Waals surface area contributed by atoms with E-state index >= 15 is 0 Å². The monoisotopic (exact) mass is 432 g/mol. The first-order chi connectivity index (χ1) is 14.8. The molecule has 10 nitrogen and oxygen atoms in total. The molecule has 0 bridgehead atoms. The van der Waals surface area contributed by atoms with Crippen LogP contribution in [-0.4, -0.2) is 34.6 Å². The summed E-state index contributed by atoms with van der Waals surface area (Å²) in [5, 5.41) is 39.8. The molecule has 10 heteroatoms. The van der Waals surface area contributed by atoms with Gasteiger partial charge in [0, 0.05) is 18.2 Å². The summed E-state index contributed by atoms with van der Waals surface area (Å²) < 4.78 is 21.5. The van der Waals surface area contributed by atoms with Gasteiger partial charge in [0.2, 0.25) is 22.4 Å². The summed E-state index contributed by atoms with van der Waals surface area (Å²) >= 11 is 0. The van der Waals surface area contributed by atoms with Crippen LogP contribution in [-0.2, 0) is 13.2 Å². The van der Waals surface area contributed by atoms with Crippen LogP contribution in [0, 0.1) is 0 Å². The summed E-state index contributed by atoms with van der Waals surface area (Å²) in [6.45, 7) is -1.30. The molecule has 4 N–H and O–H groups in total. The summed E-state index contributed by atoms with van der Waals surface area (Å²) in [5.41, 5.74) is -1.46. The van der Waals surface area contributed by atoms with Crippen molar-refractivity contribution in [1.82, 2.24) is 0 Å². The Bertz CT molecular complexity index is 1120. The van der Waals surface area contributed by atoms with Crippen molar-refractivity contribution in [2.24, 2.45) is 0 Å². The zero-order chi connectivity index (χ0) is 22.7. The standard InChI is InChI=1S/C21H20O10/c1-28-11-3-10(4-12(5-11)29-2)17(20-18(26)15(24)6-13(8-22)30-20)21-19(27)16(25)7-14(9-23)31-21/h3-7,17,22-23,26-27H,8-9H2,1-2H3. The van der Waals surface area contributed by atoms with Gasteiger partial charge in [0.1, 0.15) is 42.2 Å². The second-order valence-electron chi connectivity index (χ2n) is 6.47. The third-order valence-corrected chi connectivity index (χ3v) is 4.54. The van der Waals surface area contributed by atoms with E-state index < -0.39 is 53.0 Å². The Labute approximate surface area is 175 Å². The quantitative estimate of drug-likeness (QED) is 0.427. The van der Waals surface area contributed by atoms with E-state index in [0.717, 1.165) is 12.1 Å². The molecule has 3 rings (SSSR count). The zero-order valence-electron chi connectivity index (χ0n) is 16.6. The van der Waals surface area contributed by atoms with Crippen molar-refractivity contribution < 1.29 is 38.7 Å². The van der Waals surface area contributed by atoms with Crippen molar-refractivity contribution in [2.45, 2.75) is 19.1 Å². The van der Waals surface area contributed by atoms with Crippen molar-refractivity contribution in [1.29, 1.82) is 0 Å². The molecule has 0 aliphatic carbocycles. The maximum atomic E-state index is 12.2. The van der Waals surface area contributed by atoms with Crippen molar-refractivity contribution in [3.63, 3.8) is 0 Å². The van der Waals surface area contributed by atoms with E-state index in [4.69, 9.17) is 18.3 Å². The highest BCUT2D eigenvalue weighted by molar-refractivity contribution is 5.50. The van der Waals surface area contributed by atoms with E-state index in [9.17, 15) is 30.0 Å². The molecule has 0 radical (unpaired) electrons. The largest absolute Gasteiger partial charge is 0.502 e. The number of hydrogen-bond acceptors (Lipinski definition) is 10. The molecule has 0 unspecified atom stereocenters. The molecule has 1 aromatic carbocycles. The van der Waals surface area contributed by atoms with Gasteiger partial charge >= 0.3 is 0 Å². The van der Waals surface area contributed by atoms with Gasteiger partial charge in [-0.1, -0.05) is 0 Å². The summed E-state index contributed by atoms with van der Waals surface area (Å²) in [6.07, 6.45) is 0. The van der Waals surface area contributed by atoms with Crippen LogP contribution in [0.4, 0.5) is 0 Å². The number of aromatic hydroxyl groups is 2. The van der Waals surface area contributed by atoms with Crippen LogP contribution >= 0.6 is 0 Å². The minimum Gasteiger partial charge on any atom is -0.502 e. The second kappa shape index (κ2) is 8.94. The van der Waals surface area contributed by atoms with Gasteiger partial charge in [-0.25, -0.2) is 0 Å². The van der Waals surface area contributed by atoms with E-state index in [1.807, 2.05) is 0 Å². The molecular weight excluding hydrogens is 412 g/mol. The number of aliphatic hydroxyl groups is 2. The molecule has 0 aliphatic rings. The molecule has 3 aromatic rings. The summed E-state index contributed by atoms with van der Waals surface area (Å²) in [5.74, 6) is -3.49. The summed E-state index contributed by atoms with van der Waals surface area (Å²) in [4.78, 5) is 24.5. The lowest BCUT2D eigenvalue weighted by Crippen LogP contribution is -2.14. The molecule has 0 fully saturated rings. The van der Waals surface area contributed by atoms with Crippen LogP contribution in [0.5, 0.6) is 23.0 Å². The second-order valence-corrected chi connectivity index (χ2v) is 6.47. The number of aliphatic hydroxyl groups excluding tert-OH is 2.